The van der Waals surface area contributed by atoms with Crippen LogP contribution < -0.4 is 9.88 Å². The normalized spacial score (nSPS) is 11.5. The maximum absolute atomic E-state index is 13.2. The molecule has 0 aliphatic rings. The van der Waals surface area contributed by atoms with E-state index in [0.717, 1.165) is 0 Å². The molecule has 17 heavy (non-hydrogen) atoms. The standard InChI is InChI=1S/C10H13ClFNO3S/c11-8-4-3-5-9(12)10(8)16-6-1-2-7-17(13,14)15/h3-5H,1-2,6-7H2,(H2,13,14,15). The number of unbranched alkanes of at least 4 members (excludes halogenated alkanes) is 1. The molecule has 7 heteroatoms. The Kier molecular flexibility index (Phi) is 5.17. The molecule has 0 unspecified atom stereocenters. The molecule has 0 heterocycles. The Morgan fingerprint density at radius 1 is 1.35 bits per heavy atom. The van der Waals surface area contributed by atoms with Crippen LogP contribution in [-0.2, 0) is 10.0 Å². The van der Waals surface area contributed by atoms with Crippen LogP contribution in [0.4, 0.5) is 4.39 Å². The van der Waals surface area contributed by atoms with Crippen LogP contribution in [-0.4, -0.2) is 20.8 Å². The molecule has 0 atom stereocenters. The lowest BCUT2D eigenvalue weighted by Crippen LogP contribution is -2.16. The van der Waals surface area contributed by atoms with Gasteiger partial charge < -0.3 is 4.74 Å². The Balaban J connectivity index is 2.37. The van der Waals surface area contributed by atoms with Crippen molar-refractivity contribution in [3.05, 3.63) is 29.0 Å². The van der Waals surface area contributed by atoms with Crippen LogP contribution in [0.1, 0.15) is 12.8 Å². The lowest BCUT2D eigenvalue weighted by Gasteiger charge is -2.08. The van der Waals surface area contributed by atoms with E-state index in [0.29, 0.717) is 12.8 Å². The maximum Gasteiger partial charge on any atom is 0.209 e. The second kappa shape index (κ2) is 6.18. The van der Waals surface area contributed by atoms with Crippen molar-refractivity contribution in [1.29, 1.82) is 0 Å². The van der Waals surface area contributed by atoms with E-state index in [4.69, 9.17) is 21.5 Å². The summed E-state index contributed by atoms with van der Waals surface area (Å²) >= 11 is 5.73. The van der Waals surface area contributed by atoms with Crippen molar-refractivity contribution in [2.45, 2.75) is 12.8 Å². The van der Waals surface area contributed by atoms with Crippen molar-refractivity contribution in [2.75, 3.05) is 12.4 Å². The fraction of sp³-hybridized carbons (Fsp3) is 0.400. The van der Waals surface area contributed by atoms with Crippen molar-refractivity contribution in [2.24, 2.45) is 5.14 Å². The summed E-state index contributed by atoms with van der Waals surface area (Å²) in [5.41, 5.74) is 0. The summed E-state index contributed by atoms with van der Waals surface area (Å²) in [4.78, 5) is 0. The van der Waals surface area contributed by atoms with Crippen LogP contribution in [0.5, 0.6) is 5.75 Å². The van der Waals surface area contributed by atoms with Gasteiger partial charge in [-0.2, -0.15) is 0 Å². The second-order valence-corrected chi connectivity index (χ2v) is 5.61. The first-order valence-corrected chi connectivity index (χ1v) is 7.07. The average molecular weight is 282 g/mol. The van der Waals surface area contributed by atoms with Crippen LogP contribution in [0.25, 0.3) is 0 Å². The number of nitrogens with two attached hydrogens (primary N) is 1. The SMILES string of the molecule is NS(=O)(=O)CCCCOc1c(F)cccc1Cl. The summed E-state index contributed by atoms with van der Waals surface area (Å²) in [6.45, 7) is 0.191. The number of rotatable bonds is 6. The van der Waals surface area contributed by atoms with Gasteiger partial charge in [0.15, 0.2) is 11.6 Å². The molecule has 4 nitrogen and oxygen atoms in total. The third-order valence-electron chi connectivity index (χ3n) is 1.99. The lowest BCUT2D eigenvalue weighted by atomic mass is 10.3. The first-order valence-electron chi connectivity index (χ1n) is 4.97. The van der Waals surface area contributed by atoms with Crippen LogP contribution in [0.15, 0.2) is 18.2 Å². The van der Waals surface area contributed by atoms with Gasteiger partial charge in [0, 0.05) is 0 Å². The number of sulfonamides is 1. The summed E-state index contributed by atoms with van der Waals surface area (Å²) in [5, 5.41) is 5.02. The summed E-state index contributed by atoms with van der Waals surface area (Å²) in [7, 11) is -3.44. The van der Waals surface area contributed by atoms with Gasteiger partial charge in [-0.25, -0.2) is 17.9 Å². The van der Waals surface area contributed by atoms with Gasteiger partial charge in [0.2, 0.25) is 10.0 Å². The Bertz CT molecular complexity index is 458. The molecule has 0 aliphatic carbocycles. The number of ether oxygens (including phenoxy) is 1. The lowest BCUT2D eigenvalue weighted by molar-refractivity contribution is 0.294. The van der Waals surface area contributed by atoms with Crippen LogP contribution in [0, 0.1) is 5.82 Å². The molecule has 1 rings (SSSR count). The number of benzene rings is 1. The van der Waals surface area contributed by atoms with Crippen molar-refractivity contribution >= 4 is 21.6 Å². The highest BCUT2D eigenvalue weighted by Gasteiger charge is 2.08. The van der Waals surface area contributed by atoms with Crippen LogP contribution in [0.2, 0.25) is 5.02 Å². The quantitative estimate of drug-likeness (QED) is 0.810. The highest BCUT2D eigenvalue weighted by molar-refractivity contribution is 7.89. The maximum atomic E-state index is 13.2. The summed E-state index contributed by atoms with van der Waals surface area (Å²) in [5.74, 6) is -0.657. The fourth-order valence-electron chi connectivity index (χ4n) is 1.20. The molecular weight excluding hydrogens is 269 g/mol. The predicted molar refractivity (Wildman–Crippen MR) is 64.1 cm³/mol. The summed E-state index contributed by atoms with van der Waals surface area (Å²) < 4.78 is 39.6. The van der Waals surface area contributed by atoms with E-state index in [1.165, 1.54) is 18.2 Å². The molecule has 0 aromatic heterocycles. The zero-order valence-electron chi connectivity index (χ0n) is 9.03. The van der Waals surface area contributed by atoms with Crippen molar-refractivity contribution in [1.82, 2.24) is 0 Å². The van der Waals surface area contributed by atoms with Crippen LogP contribution >= 0.6 is 11.6 Å². The Morgan fingerprint density at radius 2 is 2.06 bits per heavy atom. The van der Waals surface area contributed by atoms with Gasteiger partial charge in [0.25, 0.3) is 0 Å². The Morgan fingerprint density at radius 3 is 2.65 bits per heavy atom. The molecule has 1 aromatic carbocycles. The highest BCUT2D eigenvalue weighted by atomic mass is 35.5. The monoisotopic (exact) mass is 281 g/mol. The molecule has 0 amide bonds. The van der Waals surface area contributed by atoms with E-state index in [2.05, 4.69) is 0 Å². The van der Waals surface area contributed by atoms with Gasteiger partial charge >= 0.3 is 0 Å². The highest BCUT2D eigenvalue weighted by Crippen LogP contribution is 2.27. The minimum atomic E-state index is -3.44. The third kappa shape index (κ3) is 5.34. The molecule has 0 fully saturated rings. The number of halogens is 2. The first kappa shape index (κ1) is 14.2. The molecular formula is C10H13ClFNO3S. The number of hydrogen-bond acceptors (Lipinski definition) is 3. The molecule has 0 bridgehead atoms. The smallest absolute Gasteiger partial charge is 0.209 e. The van der Waals surface area contributed by atoms with Gasteiger partial charge in [-0.1, -0.05) is 17.7 Å². The summed E-state index contributed by atoms with van der Waals surface area (Å²) in [6, 6.07) is 4.24. The molecule has 96 valence electrons. The fourth-order valence-corrected chi connectivity index (χ4v) is 2.02. The topological polar surface area (TPSA) is 69.4 Å². The van der Waals surface area contributed by atoms with E-state index < -0.39 is 15.8 Å². The van der Waals surface area contributed by atoms with Gasteiger partial charge in [0.05, 0.1) is 17.4 Å². The molecule has 2 N–H and O–H groups in total. The summed E-state index contributed by atoms with van der Waals surface area (Å²) in [6.07, 6.45) is 0.825. The number of para-hydroxylation sites is 1. The van der Waals surface area contributed by atoms with E-state index in [1.54, 1.807) is 0 Å². The van der Waals surface area contributed by atoms with Crippen LogP contribution in [0.3, 0.4) is 0 Å². The average Bonchev–Trinajstić information content (AvgIpc) is 2.20. The van der Waals surface area contributed by atoms with Crippen molar-refractivity contribution < 1.29 is 17.5 Å². The number of hydrogen-bond donors (Lipinski definition) is 1. The molecule has 0 saturated carbocycles. The minimum absolute atomic E-state index is 0.00947. The van der Waals surface area contributed by atoms with E-state index >= 15 is 0 Å². The first-order chi connectivity index (χ1) is 7.90. The number of primary sulfonamides is 1. The Hall–Kier alpha value is -0.850. The van der Waals surface area contributed by atoms with Gasteiger partial charge in [-0.15, -0.1) is 0 Å². The zero-order chi connectivity index (χ0) is 12.9. The van der Waals surface area contributed by atoms with Gasteiger partial charge in [0.1, 0.15) is 0 Å². The Labute approximate surface area is 105 Å². The van der Waals surface area contributed by atoms with E-state index in [-0.39, 0.29) is 23.1 Å². The second-order valence-electron chi connectivity index (χ2n) is 3.47. The van der Waals surface area contributed by atoms with Crippen molar-refractivity contribution in [3.8, 4) is 5.75 Å². The molecule has 0 spiro atoms. The van der Waals surface area contributed by atoms with E-state index in [1.807, 2.05) is 0 Å². The minimum Gasteiger partial charge on any atom is -0.489 e. The largest absolute Gasteiger partial charge is 0.489 e. The van der Waals surface area contributed by atoms with Gasteiger partial charge in [-0.05, 0) is 25.0 Å². The molecule has 0 radical (unpaired) electrons. The van der Waals surface area contributed by atoms with E-state index in [9.17, 15) is 12.8 Å². The molecule has 1 aromatic rings. The molecule has 0 aliphatic heterocycles. The predicted octanol–water partition coefficient (Wildman–Crippen LogP) is 1.93. The zero-order valence-corrected chi connectivity index (χ0v) is 10.6. The van der Waals surface area contributed by atoms with Crippen molar-refractivity contribution in [3.63, 3.8) is 0 Å². The molecule has 0 saturated heterocycles. The van der Waals surface area contributed by atoms with Gasteiger partial charge in [-0.3, -0.25) is 0 Å². The third-order valence-corrected chi connectivity index (χ3v) is 3.14.